The van der Waals surface area contributed by atoms with E-state index in [0.29, 0.717) is 47.9 Å². The van der Waals surface area contributed by atoms with E-state index in [4.69, 9.17) is 11.6 Å². The van der Waals surface area contributed by atoms with E-state index in [2.05, 4.69) is 40.2 Å². The lowest BCUT2D eigenvalue weighted by Gasteiger charge is -2.36. The molecule has 2 aliphatic rings. The van der Waals surface area contributed by atoms with Gasteiger partial charge in [-0.05, 0) is 49.8 Å². The molecule has 45 heavy (non-hydrogen) atoms. The van der Waals surface area contributed by atoms with Crippen molar-refractivity contribution in [3.05, 3.63) is 83.3 Å². The Kier molecular flexibility index (Phi) is 9.13. The highest BCUT2D eigenvalue weighted by Crippen LogP contribution is 2.47. The van der Waals surface area contributed by atoms with Crippen LogP contribution in [0.25, 0.3) is 11.4 Å². The number of aryl methyl sites for hydroxylation is 1. The number of rotatable bonds is 5. The van der Waals surface area contributed by atoms with Crippen LogP contribution in [-0.4, -0.2) is 64.8 Å². The predicted octanol–water partition coefficient (Wildman–Crippen LogP) is 5.77. The molecule has 10 nitrogen and oxygen atoms in total. The highest BCUT2D eigenvalue weighted by atomic mass is 35.5. The number of hydrogen-bond donors (Lipinski definition) is 1. The normalized spacial score (nSPS) is 19.2. The molecule has 1 saturated carbocycles. The molecule has 4 aromatic heterocycles. The molecule has 0 bridgehead atoms. The summed E-state index contributed by atoms with van der Waals surface area (Å²) in [7, 11) is 0. The Bertz CT molecular complexity index is 1660. The van der Waals surface area contributed by atoms with Crippen molar-refractivity contribution in [3.63, 3.8) is 0 Å². The maximum Gasteiger partial charge on any atom is 0.434 e. The number of anilines is 1. The number of nitrogens with zero attached hydrogens (tertiary/aromatic N) is 8. The molecule has 2 fully saturated rings. The maximum absolute atomic E-state index is 13.7. The number of fused-ring (bicyclic) bond motifs is 1. The van der Waals surface area contributed by atoms with Gasteiger partial charge >= 0.3 is 12.4 Å². The number of hydrogen-bond acceptors (Lipinski definition) is 9. The van der Waals surface area contributed by atoms with Gasteiger partial charge in [0, 0.05) is 37.2 Å². The van der Waals surface area contributed by atoms with Crippen molar-refractivity contribution in [1.82, 2.24) is 39.8 Å². The Hall–Kier alpha value is -4.47. The number of alkyl halides is 6. The summed E-state index contributed by atoms with van der Waals surface area (Å²) >= 11 is 5.18. The SMILES string of the molecule is Cc1ccc(-c2ncccn2)c(C(=O)N2C[C@@H]3C[C@@H]3C[C@H]2CNc2cncc(C(F)(F)F)n2)n1.FC(F)(F)c1cncc(Cl)n1. The molecule has 0 aromatic carbocycles. The number of carbonyl (C=O) groups excluding carboxylic acids is 1. The lowest BCUT2D eigenvalue weighted by molar-refractivity contribution is -0.142. The predicted molar refractivity (Wildman–Crippen MR) is 149 cm³/mol. The second-order valence-corrected chi connectivity index (χ2v) is 10.8. The van der Waals surface area contributed by atoms with E-state index in [9.17, 15) is 31.1 Å². The molecule has 0 unspecified atom stereocenters. The van der Waals surface area contributed by atoms with Gasteiger partial charge in [-0.3, -0.25) is 14.8 Å². The number of aromatic nitrogens is 7. The number of likely N-dealkylation sites (tertiary alicyclic amines) is 1. The largest absolute Gasteiger partial charge is 0.434 e. The minimum atomic E-state index is -4.58. The standard InChI is InChI=1S/C23H22F3N7O.C5H2ClF3N2/c1-13-3-4-17(21-28-5-2-6-29-21)20(31-13)22(34)33-12-15-7-14(15)8-16(33)9-30-19-11-27-10-18(32-19)23(24,25)26;6-4-2-10-1-3(11-4)5(7,8)9/h2-6,10-11,14-16H,7-9,12H2,1H3,(H,30,32);1-2H/t14-,15+,16+;/m1./s1. The van der Waals surface area contributed by atoms with Crippen LogP contribution in [0.1, 0.15) is 40.4 Å². The van der Waals surface area contributed by atoms with Crippen molar-refractivity contribution in [2.24, 2.45) is 11.8 Å². The zero-order valence-corrected chi connectivity index (χ0v) is 24.1. The molecular formula is C28H24ClF6N9O. The molecule has 17 heteroatoms. The van der Waals surface area contributed by atoms with Crippen LogP contribution in [0.2, 0.25) is 5.15 Å². The van der Waals surface area contributed by atoms with E-state index in [1.807, 2.05) is 6.92 Å². The molecule has 5 heterocycles. The summed E-state index contributed by atoms with van der Waals surface area (Å²) in [5.41, 5.74) is -0.630. The van der Waals surface area contributed by atoms with E-state index in [1.54, 1.807) is 35.5 Å². The summed E-state index contributed by atoms with van der Waals surface area (Å²) in [4.78, 5) is 42.1. The highest BCUT2D eigenvalue weighted by Gasteiger charge is 2.47. The first-order valence-electron chi connectivity index (χ1n) is 13.5. The highest BCUT2D eigenvalue weighted by molar-refractivity contribution is 6.29. The quantitative estimate of drug-likeness (QED) is 0.268. The fourth-order valence-electron chi connectivity index (χ4n) is 4.91. The average Bonchev–Trinajstić information content (AvgIpc) is 3.78. The van der Waals surface area contributed by atoms with Crippen LogP contribution in [-0.2, 0) is 12.4 Å². The minimum Gasteiger partial charge on any atom is -0.367 e. The van der Waals surface area contributed by atoms with Crippen molar-refractivity contribution in [2.45, 2.75) is 38.2 Å². The van der Waals surface area contributed by atoms with Gasteiger partial charge in [-0.15, -0.1) is 0 Å². The summed E-state index contributed by atoms with van der Waals surface area (Å²) in [6.07, 6.45) is -0.446. The molecule has 0 radical (unpaired) electrons. The maximum atomic E-state index is 13.7. The first-order chi connectivity index (χ1) is 21.3. The number of amides is 1. The van der Waals surface area contributed by atoms with Crippen molar-refractivity contribution in [3.8, 4) is 11.4 Å². The third-order valence-electron chi connectivity index (χ3n) is 7.16. The van der Waals surface area contributed by atoms with Crippen molar-refractivity contribution < 1.29 is 31.1 Å². The van der Waals surface area contributed by atoms with Gasteiger partial charge in [0.2, 0.25) is 0 Å². The molecule has 3 atom stereocenters. The second-order valence-electron chi connectivity index (χ2n) is 10.4. The van der Waals surface area contributed by atoms with Crippen LogP contribution in [0.15, 0.2) is 55.4 Å². The number of piperidine rings is 1. The molecule has 1 aliphatic heterocycles. The lowest BCUT2D eigenvalue weighted by atomic mass is 10.00. The van der Waals surface area contributed by atoms with Gasteiger partial charge in [0.25, 0.3) is 5.91 Å². The first-order valence-corrected chi connectivity index (χ1v) is 13.9. The zero-order valence-electron chi connectivity index (χ0n) is 23.4. The fourth-order valence-corrected chi connectivity index (χ4v) is 5.05. The summed E-state index contributed by atoms with van der Waals surface area (Å²) in [5, 5.41) is 2.68. The van der Waals surface area contributed by atoms with Gasteiger partial charge in [0.1, 0.15) is 16.7 Å². The van der Waals surface area contributed by atoms with Gasteiger partial charge in [0.05, 0.1) is 30.4 Å². The number of pyridine rings is 1. The van der Waals surface area contributed by atoms with Crippen LogP contribution in [0, 0.1) is 18.8 Å². The zero-order chi connectivity index (χ0) is 32.4. The van der Waals surface area contributed by atoms with Crippen LogP contribution in [0.4, 0.5) is 32.2 Å². The van der Waals surface area contributed by atoms with E-state index in [0.717, 1.165) is 19.0 Å². The summed E-state index contributed by atoms with van der Waals surface area (Å²) < 4.78 is 74.4. The first kappa shape index (κ1) is 31.9. The fraction of sp³-hybridized carbons (Fsp3) is 0.357. The van der Waals surface area contributed by atoms with E-state index < -0.39 is 23.7 Å². The smallest absolute Gasteiger partial charge is 0.367 e. The molecule has 6 rings (SSSR count). The molecule has 1 aliphatic carbocycles. The Labute approximate surface area is 257 Å². The van der Waals surface area contributed by atoms with Crippen molar-refractivity contribution >= 4 is 23.3 Å². The van der Waals surface area contributed by atoms with Gasteiger partial charge in [-0.1, -0.05) is 11.6 Å². The molecule has 1 amide bonds. The van der Waals surface area contributed by atoms with Gasteiger partial charge in [-0.25, -0.2) is 24.9 Å². The summed E-state index contributed by atoms with van der Waals surface area (Å²) in [5.74, 6) is 1.15. The Morgan fingerprint density at radius 3 is 2.22 bits per heavy atom. The van der Waals surface area contributed by atoms with Crippen LogP contribution in [0.5, 0.6) is 0 Å². The van der Waals surface area contributed by atoms with Gasteiger partial charge in [-0.2, -0.15) is 26.3 Å². The topological polar surface area (TPSA) is 123 Å². The molecule has 0 spiro atoms. The third kappa shape index (κ3) is 7.98. The number of halogens is 7. The van der Waals surface area contributed by atoms with Crippen LogP contribution >= 0.6 is 11.6 Å². The molecular weight excluding hydrogens is 628 g/mol. The monoisotopic (exact) mass is 651 g/mol. The Morgan fingerprint density at radius 2 is 1.58 bits per heavy atom. The number of nitrogens with one attached hydrogen (secondary N) is 1. The van der Waals surface area contributed by atoms with Crippen molar-refractivity contribution in [2.75, 3.05) is 18.4 Å². The summed E-state index contributed by atoms with van der Waals surface area (Å²) in [6, 6.07) is 5.07. The molecule has 236 valence electrons. The Balaban J connectivity index is 0.000000309. The van der Waals surface area contributed by atoms with Gasteiger partial charge in [0.15, 0.2) is 17.2 Å². The van der Waals surface area contributed by atoms with Crippen LogP contribution < -0.4 is 5.32 Å². The number of carbonyl (C=O) groups is 1. The molecule has 1 N–H and O–H groups in total. The summed E-state index contributed by atoms with van der Waals surface area (Å²) in [6.45, 7) is 2.65. The lowest BCUT2D eigenvalue weighted by Crippen LogP contribution is -2.48. The van der Waals surface area contributed by atoms with E-state index >= 15 is 0 Å². The molecule has 4 aromatic rings. The molecule has 1 saturated heterocycles. The van der Waals surface area contributed by atoms with Crippen molar-refractivity contribution in [1.29, 1.82) is 0 Å². The minimum absolute atomic E-state index is 0.0206. The van der Waals surface area contributed by atoms with E-state index in [-0.39, 0.29) is 35.2 Å². The van der Waals surface area contributed by atoms with Gasteiger partial charge < -0.3 is 10.2 Å². The van der Waals surface area contributed by atoms with Crippen LogP contribution in [0.3, 0.4) is 0 Å². The van der Waals surface area contributed by atoms with E-state index in [1.165, 1.54) is 6.20 Å². The second kappa shape index (κ2) is 12.9. The third-order valence-corrected chi connectivity index (χ3v) is 7.34. The average molecular weight is 652 g/mol. The Morgan fingerprint density at radius 1 is 0.911 bits per heavy atom.